The summed E-state index contributed by atoms with van der Waals surface area (Å²) in [5, 5.41) is 0. The monoisotopic (exact) mass is 598 g/mol. The number of carbonyl (C=O) groups is 1. The van der Waals surface area contributed by atoms with Crippen LogP contribution in [0.1, 0.15) is 24.0 Å². The van der Waals surface area contributed by atoms with Crippen LogP contribution in [-0.4, -0.2) is 57.1 Å². The SMILES string of the molecule is COc1ccc(OC)c(CC[N+]23CCC(CC2)[C@@H](OC(=O)N(Cc2ccc(F)cc2)c2ccccc2)C3)c1.[Br-]. The third-order valence-corrected chi connectivity index (χ3v) is 8.18. The number of fused-ring (bicyclic) bond motifs is 3. The quantitative estimate of drug-likeness (QED) is 0.355. The number of ether oxygens (including phenoxy) is 3. The van der Waals surface area contributed by atoms with Crippen molar-refractivity contribution >= 4 is 11.8 Å². The summed E-state index contributed by atoms with van der Waals surface area (Å²) in [6.07, 6.45) is 2.49. The second-order valence-corrected chi connectivity index (χ2v) is 10.4. The van der Waals surface area contributed by atoms with Gasteiger partial charge in [0, 0.05) is 36.4 Å². The fourth-order valence-corrected chi connectivity index (χ4v) is 5.94. The second kappa shape index (κ2) is 12.8. The van der Waals surface area contributed by atoms with Crippen LogP contribution in [0.4, 0.5) is 14.9 Å². The number of carbonyl (C=O) groups excluding carboxylic acids is 1. The Morgan fingerprint density at radius 2 is 1.69 bits per heavy atom. The molecule has 3 aromatic rings. The van der Waals surface area contributed by atoms with Crippen LogP contribution in [-0.2, 0) is 17.7 Å². The van der Waals surface area contributed by atoms with E-state index in [4.69, 9.17) is 14.2 Å². The van der Waals surface area contributed by atoms with Crippen LogP contribution in [0.15, 0.2) is 72.8 Å². The number of halogens is 2. The Hall–Kier alpha value is -3.10. The third-order valence-electron chi connectivity index (χ3n) is 8.18. The topological polar surface area (TPSA) is 48.0 Å². The van der Waals surface area contributed by atoms with Crippen molar-refractivity contribution in [2.45, 2.75) is 31.9 Å². The average molecular weight is 600 g/mol. The van der Waals surface area contributed by atoms with Crippen molar-refractivity contribution in [3.05, 3.63) is 89.7 Å². The van der Waals surface area contributed by atoms with Gasteiger partial charge in [-0.1, -0.05) is 30.3 Å². The van der Waals surface area contributed by atoms with Gasteiger partial charge in [-0.25, -0.2) is 9.18 Å². The van der Waals surface area contributed by atoms with Crippen LogP contribution >= 0.6 is 0 Å². The first-order valence-corrected chi connectivity index (χ1v) is 13.3. The van der Waals surface area contributed by atoms with Gasteiger partial charge in [-0.2, -0.15) is 0 Å². The molecule has 0 spiro atoms. The van der Waals surface area contributed by atoms with Gasteiger partial charge in [0.15, 0.2) is 6.10 Å². The highest BCUT2D eigenvalue weighted by Crippen LogP contribution is 2.37. The number of anilines is 1. The summed E-state index contributed by atoms with van der Waals surface area (Å²) < 4.78 is 31.7. The highest BCUT2D eigenvalue weighted by atomic mass is 79.9. The molecule has 0 aromatic heterocycles. The van der Waals surface area contributed by atoms with Gasteiger partial charge in [0.1, 0.15) is 23.9 Å². The summed E-state index contributed by atoms with van der Waals surface area (Å²) >= 11 is 0. The van der Waals surface area contributed by atoms with E-state index in [1.807, 2.05) is 42.5 Å². The molecule has 0 unspecified atom stereocenters. The lowest BCUT2D eigenvalue weighted by Gasteiger charge is -2.52. The lowest BCUT2D eigenvalue weighted by molar-refractivity contribution is -0.945. The summed E-state index contributed by atoms with van der Waals surface area (Å²) in [6.45, 7) is 4.30. The van der Waals surface area contributed by atoms with Crippen LogP contribution in [0.25, 0.3) is 0 Å². The van der Waals surface area contributed by atoms with Gasteiger partial charge in [-0.3, -0.25) is 4.90 Å². The van der Waals surface area contributed by atoms with E-state index in [0.717, 1.165) is 78.2 Å². The number of quaternary nitrogens is 1. The number of methoxy groups -OCH3 is 2. The normalized spacial score (nSPS) is 21.5. The molecule has 1 atom stereocenters. The van der Waals surface area contributed by atoms with Gasteiger partial charge in [0.25, 0.3) is 0 Å². The zero-order valence-electron chi connectivity index (χ0n) is 22.5. The molecule has 3 saturated heterocycles. The number of piperidine rings is 3. The Balaban J connectivity index is 0.00000353. The number of amides is 1. The van der Waals surface area contributed by atoms with Crippen molar-refractivity contribution in [2.24, 2.45) is 5.92 Å². The first-order valence-electron chi connectivity index (χ1n) is 13.3. The zero-order valence-corrected chi connectivity index (χ0v) is 24.1. The van der Waals surface area contributed by atoms with E-state index in [2.05, 4.69) is 6.07 Å². The van der Waals surface area contributed by atoms with Crippen LogP contribution in [0.3, 0.4) is 0 Å². The molecule has 39 heavy (non-hydrogen) atoms. The van der Waals surface area contributed by atoms with Gasteiger partial charge >= 0.3 is 6.09 Å². The minimum Gasteiger partial charge on any atom is -1.00 e. The summed E-state index contributed by atoms with van der Waals surface area (Å²) in [6, 6.07) is 21.7. The Labute approximate surface area is 240 Å². The van der Waals surface area contributed by atoms with Crippen molar-refractivity contribution in [1.29, 1.82) is 0 Å². The summed E-state index contributed by atoms with van der Waals surface area (Å²) in [5.41, 5.74) is 2.74. The fraction of sp³-hybridized carbons (Fsp3) is 0.387. The Morgan fingerprint density at radius 1 is 0.974 bits per heavy atom. The predicted octanol–water partition coefficient (Wildman–Crippen LogP) is 2.84. The molecule has 1 amide bonds. The molecular formula is C31H36BrFN2O4. The van der Waals surface area contributed by atoms with Crippen LogP contribution in [0.5, 0.6) is 11.5 Å². The maximum absolute atomic E-state index is 13.6. The molecule has 0 radical (unpaired) electrons. The minimum absolute atomic E-state index is 0. The fourth-order valence-electron chi connectivity index (χ4n) is 5.94. The maximum Gasteiger partial charge on any atom is 0.415 e. The molecular weight excluding hydrogens is 563 g/mol. The molecule has 208 valence electrons. The first-order chi connectivity index (χ1) is 18.5. The molecule has 3 aliphatic heterocycles. The Morgan fingerprint density at radius 3 is 2.36 bits per heavy atom. The molecule has 3 aliphatic rings. The van der Waals surface area contributed by atoms with E-state index in [-0.39, 0.29) is 35.0 Å². The van der Waals surface area contributed by atoms with Gasteiger partial charge in [-0.05, 0) is 48.0 Å². The molecule has 0 saturated carbocycles. The van der Waals surface area contributed by atoms with Gasteiger partial charge in [0.05, 0.1) is 40.4 Å². The van der Waals surface area contributed by atoms with Crippen LogP contribution in [0, 0.1) is 11.7 Å². The van der Waals surface area contributed by atoms with Gasteiger partial charge in [0.2, 0.25) is 0 Å². The van der Waals surface area contributed by atoms with Crippen molar-refractivity contribution in [2.75, 3.05) is 45.3 Å². The highest BCUT2D eigenvalue weighted by molar-refractivity contribution is 5.87. The van der Waals surface area contributed by atoms with E-state index in [9.17, 15) is 9.18 Å². The smallest absolute Gasteiger partial charge is 0.415 e. The molecule has 0 aliphatic carbocycles. The summed E-state index contributed by atoms with van der Waals surface area (Å²) in [5.74, 6) is 1.79. The van der Waals surface area contributed by atoms with Crippen molar-refractivity contribution in [1.82, 2.24) is 0 Å². The van der Waals surface area contributed by atoms with Crippen molar-refractivity contribution in [3.8, 4) is 11.5 Å². The minimum atomic E-state index is -0.355. The molecule has 3 fully saturated rings. The lowest BCUT2D eigenvalue weighted by atomic mass is 9.83. The molecule has 2 bridgehead atoms. The molecule has 3 heterocycles. The summed E-state index contributed by atoms with van der Waals surface area (Å²) in [7, 11) is 3.38. The third kappa shape index (κ3) is 6.73. The van der Waals surface area contributed by atoms with E-state index >= 15 is 0 Å². The van der Waals surface area contributed by atoms with E-state index in [0.29, 0.717) is 12.5 Å². The van der Waals surface area contributed by atoms with E-state index in [1.165, 1.54) is 12.1 Å². The van der Waals surface area contributed by atoms with Gasteiger partial charge < -0.3 is 35.7 Å². The molecule has 6 rings (SSSR count). The maximum atomic E-state index is 13.6. The first kappa shape index (κ1) is 28.9. The number of nitrogens with zero attached hydrogens (tertiary/aromatic N) is 2. The number of rotatable bonds is 9. The number of hydrogen-bond donors (Lipinski definition) is 0. The van der Waals surface area contributed by atoms with Gasteiger partial charge in [-0.15, -0.1) is 0 Å². The second-order valence-electron chi connectivity index (χ2n) is 10.4. The Bertz CT molecular complexity index is 1230. The van der Waals surface area contributed by atoms with Crippen molar-refractivity contribution in [3.63, 3.8) is 0 Å². The standard InChI is InChI=1S/C31H36FN2O4.BrH/c1-36-28-12-13-29(37-2)25(20-28)16-19-34-17-14-24(15-18-34)30(22-34)38-31(35)33(27-6-4-3-5-7-27)21-23-8-10-26(32)11-9-23;/h3-13,20,24,30H,14-19,21-22H2,1-2H3;1H/q+1;/p-1/t24?,30-,34?;/m0./s1. The van der Waals surface area contributed by atoms with Crippen LogP contribution in [0.2, 0.25) is 0 Å². The predicted molar refractivity (Wildman–Crippen MR) is 145 cm³/mol. The Kier molecular flexibility index (Phi) is 9.51. The zero-order chi connectivity index (χ0) is 26.5. The van der Waals surface area contributed by atoms with E-state index < -0.39 is 0 Å². The molecule has 8 heteroatoms. The molecule has 6 nitrogen and oxygen atoms in total. The van der Waals surface area contributed by atoms with E-state index in [1.54, 1.807) is 31.3 Å². The summed E-state index contributed by atoms with van der Waals surface area (Å²) in [4.78, 5) is 15.2. The number of hydrogen-bond acceptors (Lipinski definition) is 4. The molecule has 0 N–H and O–H groups in total. The van der Waals surface area contributed by atoms with Crippen LogP contribution < -0.4 is 31.4 Å². The lowest BCUT2D eigenvalue weighted by Crippen LogP contribution is -3.00. The number of para-hydroxylation sites is 1. The number of benzene rings is 3. The molecule has 3 aromatic carbocycles. The van der Waals surface area contributed by atoms with Crippen molar-refractivity contribution < 1.29 is 44.9 Å². The largest absolute Gasteiger partial charge is 1.00 e. The highest BCUT2D eigenvalue weighted by Gasteiger charge is 2.47. The average Bonchev–Trinajstić information content (AvgIpc) is 2.96.